The van der Waals surface area contributed by atoms with Crippen LogP contribution in [0.3, 0.4) is 0 Å². The Morgan fingerprint density at radius 1 is 1.41 bits per heavy atom. The Bertz CT molecular complexity index is 662. The fourth-order valence-electron chi connectivity index (χ4n) is 3.04. The fraction of sp³-hybridized carbons (Fsp3) is 0.438. The third kappa shape index (κ3) is 3.49. The first-order valence-electron chi connectivity index (χ1n) is 7.48. The molecule has 1 aliphatic rings. The molecule has 0 amide bonds. The summed E-state index contributed by atoms with van der Waals surface area (Å²) in [4.78, 5) is 6.22. The lowest BCUT2D eigenvalue weighted by Gasteiger charge is -2.32. The van der Waals surface area contributed by atoms with E-state index in [1.165, 1.54) is 12.1 Å². The number of benzene rings is 1. The minimum atomic E-state index is -0.239. The van der Waals surface area contributed by atoms with Gasteiger partial charge in [0.15, 0.2) is 0 Å². The van der Waals surface area contributed by atoms with E-state index in [0.29, 0.717) is 23.6 Å². The third-order valence-corrected chi connectivity index (χ3v) is 4.08. The first-order valence-corrected chi connectivity index (χ1v) is 7.48. The molecule has 0 radical (unpaired) electrons. The minimum absolute atomic E-state index is 0.239. The summed E-state index contributed by atoms with van der Waals surface area (Å²) in [6.07, 6.45) is 5.52. The van der Waals surface area contributed by atoms with Crippen LogP contribution < -0.4 is 0 Å². The number of hydrogen-bond acceptors (Lipinski definition) is 4. The lowest BCUT2D eigenvalue weighted by Crippen LogP contribution is -2.36. The van der Waals surface area contributed by atoms with Gasteiger partial charge in [0, 0.05) is 25.2 Å². The molecule has 114 valence electrons. The van der Waals surface area contributed by atoms with Gasteiger partial charge in [-0.25, -0.2) is 9.37 Å². The average molecular weight is 299 g/mol. The van der Waals surface area contributed by atoms with Crippen LogP contribution in [0.25, 0.3) is 0 Å². The van der Waals surface area contributed by atoms with E-state index < -0.39 is 0 Å². The number of nitriles is 1. The molecule has 1 saturated heterocycles. The molecule has 3 rings (SSSR count). The molecule has 1 atom stereocenters. The Kier molecular flexibility index (Phi) is 4.45. The zero-order valence-electron chi connectivity index (χ0n) is 12.3. The number of rotatable bonds is 4. The highest BCUT2D eigenvalue weighted by Crippen LogP contribution is 2.21. The van der Waals surface area contributed by atoms with Crippen molar-refractivity contribution >= 4 is 0 Å². The van der Waals surface area contributed by atoms with Crippen molar-refractivity contribution in [2.45, 2.75) is 25.9 Å². The van der Waals surface area contributed by atoms with Gasteiger partial charge in [0.25, 0.3) is 0 Å². The molecule has 1 aliphatic heterocycles. The fourth-order valence-corrected chi connectivity index (χ4v) is 3.04. The van der Waals surface area contributed by atoms with Crippen LogP contribution in [0, 0.1) is 23.1 Å². The molecule has 5 nitrogen and oxygen atoms in total. The van der Waals surface area contributed by atoms with Crippen molar-refractivity contribution in [1.82, 2.24) is 19.7 Å². The van der Waals surface area contributed by atoms with Crippen LogP contribution in [0.1, 0.15) is 24.0 Å². The zero-order valence-corrected chi connectivity index (χ0v) is 12.3. The van der Waals surface area contributed by atoms with Gasteiger partial charge < -0.3 is 0 Å². The largest absolute Gasteiger partial charge is 0.299 e. The van der Waals surface area contributed by atoms with Gasteiger partial charge in [0.1, 0.15) is 18.5 Å². The SMILES string of the molecule is N#Cc1ccc(F)c(CN2CCCC(Cn3cncn3)C2)c1. The Labute approximate surface area is 129 Å². The summed E-state index contributed by atoms with van der Waals surface area (Å²) in [5.41, 5.74) is 1.10. The van der Waals surface area contributed by atoms with Crippen LogP contribution in [0.2, 0.25) is 0 Å². The Morgan fingerprint density at radius 2 is 2.32 bits per heavy atom. The standard InChI is InChI=1S/C16H18FN5/c17-16-4-3-13(7-18)6-15(16)10-21-5-1-2-14(8-21)9-22-12-19-11-20-22/h3-4,6,11-12,14H,1-2,5,8-10H2. The summed E-state index contributed by atoms with van der Waals surface area (Å²) >= 11 is 0. The highest BCUT2D eigenvalue weighted by Gasteiger charge is 2.21. The first kappa shape index (κ1) is 14.7. The van der Waals surface area contributed by atoms with Crippen molar-refractivity contribution in [1.29, 1.82) is 5.26 Å². The van der Waals surface area contributed by atoms with E-state index in [9.17, 15) is 4.39 Å². The molecule has 0 N–H and O–H groups in total. The van der Waals surface area contributed by atoms with Crippen molar-refractivity contribution in [3.8, 4) is 6.07 Å². The summed E-state index contributed by atoms with van der Waals surface area (Å²) in [6, 6.07) is 6.61. The second-order valence-electron chi connectivity index (χ2n) is 5.78. The second-order valence-corrected chi connectivity index (χ2v) is 5.78. The average Bonchev–Trinajstić information content (AvgIpc) is 3.03. The van der Waals surface area contributed by atoms with E-state index in [0.717, 1.165) is 32.5 Å². The predicted molar refractivity (Wildman–Crippen MR) is 79.1 cm³/mol. The number of piperidine rings is 1. The van der Waals surface area contributed by atoms with Crippen LogP contribution in [-0.4, -0.2) is 32.8 Å². The van der Waals surface area contributed by atoms with Gasteiger partial charge in [0.05, 0.1) is 11.6 Å². The van der Waals surface area contributed by atoms with Crippen molar-refractivity contribution in [2.24, 2.45) is 5.92 Å². The van der Waals surface area contributed by atoms with Gasteiger partial charge in [-0.05, 0) is 43.5 Å². The van der Waals surface area contributed by atoms with E-state index >= 15 is 0 Å². The zero-order chi connectivity index (χ0) is 15.4. The molecule has 1 aromatic carbocycles. The lowest BCUT2D eigenvalue weighted by atomic mass is 9.97. The Morgan fingerprint density at radius 3 is 3.09 bits per heavy atom. The maximum absolute atomic E-state index is 13.9. The maximum atomic E-state index is 13.9. The lowest BCUT2D eigenvalue weighted by molar-refractivity contribution is 0.152. The van der Waals surface area contributed by atoms with Crippen molar-refractivity contribution in [2.75, 3.05) is 13.1 Å². The number of hydrogen-bond donors (Lipinski definition) is 0. The minimum Gasteiger partial charge on any atom is -0.299 e. The van der Waals surface area contributed by atoms with E-state index in [1.54, 1.807) is 18.7 Å². The van der Waals surface area contributed by atoms with Gasteiger partial charge in [0.2, 0.25) is 0 Å². The third-order valence-electron chi connectivity index (χ3n) is 4.08. The van der Waals surface area contributed by atoms with E-state index in [-0.39, 0.29) is 5.82 Å². The molecule has 0 spiro atoms. The van der Waals surface area contributed by atoms with Crippen LogP contribution in [-0.2, 0) is 13.1 Å². The smallest absolute Gasteiger partial charge is 0.137 e. The van der Waals surface area contributed by atoms with Crippen LogP contribution in [0.4, 0.5) is 4.39 Å². The second kappa shape index (κ2) is 6.67. The van der Waals surface area contributed by atoms with Crippen molar-refractivity contribution in [3.63, 3.8) is 0 Å². The molecule has 1 unspecified atom stereocenters. The molecule has 1 fully saturated rings. The summed E-state index contributed by atoms with van der Waals surface area (Å²) in [5, 5.41) is 13.1. The summed E-state index contributed by atoms with van der Waals surface area (Å²) in [5.74, 6) is 0.259. The topological polar surface area (TPSA) is 57.7 Å². The number of halogens is 1. The molecule has 0 aliphatic carbocycles. The molecular weight excluding hydrogens is 281 g/mol. The van der Waals surface area contributed by atoms with Gasteiger partial charge in [-0.3, -0.25) is 9.58 Å². The molecule has 1 aromatic heterocycles. The van der Waals surface area contributed by atoms with Gasteiger partial charge in [-0.15, -0.1) is 0 Å². The molecule has 22 heavy (non-hydrogen) atoms. The van der Waals surface area contributed by atoms with Crippen LogP contribution in [0.5, 0.6) is 0 Å². The monoisotopic (exact) mass is 299 g/mol. The predicted octanol–water partition coefficient (Wildman–Crippen LogP) is 2.20. The molecule has 0 bridgehead atoms. The summed E-state index contributed by atoms with van der Waals surface area (Å²) in [7, 11) is 0. The van der Waals surface area contributed by atoms with Crippen molar-refractivity contribution < 1.29 is 4.39 Å². The normalized spacial score (nSPS) is 19.0. The molecular formula is C16H18FN5. The van der Waals surface area contributed by atoms with E-state index in [2.05, 4.69) is 21.1 Å². The number of nitrogens with zero attached hydrogens (tertiary/aromatic N) is 5. The summed E-state index contributed by atoms with van der Waals surface area (Å²) < 4.78 is 15.8. The van der Waals surface area contributed by atoms with Crippen molar-refractivity contribution in [3.05, 3.63) is 47.8 Å². The number of aromatic nitrogens is 3. The van der Waals surface area contributed by atoms with E-state index in [1.807, 2.05) is 4.68 Å². The molecule has 6 heteroatoms. The Balaban J connectivity index is 1.64. The van der Waals surface area contributed by atoms with Gasteiger partial charge >= 0.3 is 0 Å². The van der Waals surface area contributed by atoms with Gasteiger partial charge in [-0.1, -0.05) is 0 Å². The highest BCUT2D eigenvalue weighted by molar-refractivity contribution is 5.33. The van der Waals surface area contributed by atoms with Crippen LogP contribution >= 0.6 is 0 Å². The highest BCUT2D eigenvalue weighted by atomic mass is 19.1. The van der Waals surface area contributed by atoms with Gasteiger partial charge in [-0.2, -0.15) is 10.4 Å². The molecule has 0 saturated carbocycles. The van der Waals surface area contributed by atoms with E-state index in [4.69, 9.17) is 5.26 Å². The Hall–Kier alpha value is -2.26. The maximum Gasteiger partial charge on any atom is 0.137 e. The summed E-state index contributed by atoms with van der Waals surface area (Å²) in [6.45, 7) is 3.27. The molecule has 2 aromatic rings. The molecule has 2 heterocycles. The van der Waals surface area contributed by atoms with Crippen LogP contribution in [0.15, 0.2) is 30.9 Å². The first-order chi connectivity index (χ1) is 10.7. The number of likely N-dealkylation sites (tertiary alicyclic amines) is 1. The quantitative estimate of drug-likeness (QED) is 0.868.